The molecule has 1 amide bonds. The largest absolute Gasteiger partial charge is 0.321 e. The van der Waals surface area contributed by atoms with Gasteiger partial charge in [0.05, 0.1) is 6.04 Å². The summed E-state index contributed by atoms with van der Waals surface area (Å²) in [7, 11) is 0. The number of anilines is 1. The Morgan fingerprint density at radius 2 is 2.09 bits per heavy atom. The van der Waals surface area contributed by atoms with Gasteiger partial charge in [0, 0.05) is 18.0 Å². The van der Waals surface area contributed by atoms with Gasteiger partial charge in [-0.15, -0.1) is 0 Å². The van der Waals surface area contributed by atoms with Crippen molar-refractivity contribution >= 4 is 23.3 Å². The van der Waals surface area contributed by atoms with Crippen LogP contribution in [-0.4, -0.2) is 21.7 Å². The molecule has 6 nitrogen and oxygen atoms in total. The molecule has 0 atom stereocenters. The van der Waals surface area contributed by atoms with Crippen LogP contribution >= 0.6 is 11.6 Å². The minimum Gasteiger partial charge on any atom is -0.321 e. The lowest BCUT2D eigenvalue weighted by Crippen LogP contribution is -2.44. The van der Waals surface area contributed by atoms with Crippen LogP contribution in [0.15, 0.2) is 6.07 Å². The second kappa shape index (κ2) is 6.57. The summed E-state index contributed by atoms with van der Waals surface area (Å²) in [6.45, 7) is 0. The molecule has 2 aliphatic rings. The molecule has 3 rings (SSSR count). The number of nitrogens with zero attached hydrogens (tertiary/aromatic N) is 3. The van der Waals surface area contributed by atoms with Gasteiger partial charge in [-0.2, -0.15) is 10.4 Å². The van der Waals surface area contributed by atoms with Gasteiger partial charge >= 0.3 is 0 Å². The van der Waals surface area contributed by atoms with Crippen molar-refractivity contribution in [3.05, 3.63) is 11.2 Å². The Bertz CT molecular complexity index is 581. The topological polar surface area (TPSA) is 82.7 Å². The first-order valence-corrected chi connectivity index (χ1v) is 8.25. The molecular weight excluding hydrogens is 302 g/mol. The van der Waals surface area contributed by atoms with Gasteiger partial charge in [-0.3, -0.25) is 4.79 Å². The summed E-state index contributed by atoms with van der Waals surface area (Å²) >= 11 is 6.26. The van der Waals surface area contributed by atoms with Crippen molar-refractivity contribution < 1.29 is 4.79 Å². The lowest BCUT2D eigenvalue weighted by Gasteiger charge is -2.32. The van der Waals surface area contributed by atoms with Crippen molar-refractivity contribution in [1.82, 2.24) is 15.1 Å². The van der Waals surface area contributed by atoms with E-state index in [-0.39, 0.29) is 17.9 Å². The number of hydrogen-bond donors (Lipinski definition) is 2. The van der Waals surface area contributed by atoms with Crippen molar-refractivity contribution in [3.63, 3.8) is 0 Å². The molecule has 0 saturated heterocycles. The summed E-state index contributed by atoms with van der Waals surface area (Å²) < 4.78 is 1.84. The minimum absolute atomic E-state index is 0.0408. The summed E-state index contributed by atoms with van der Waals surface area (Å²) in [6.07, 6.45) is 9.17. The summed E-state index contributed by atoms with van der Waals surface area (Å²) in [5, 5.41) is 19.1. The van der Waals surface area contributed by atoms with E-state index in [4.69, 9.17) is 16.9 Å². The van der Waals surface area contributed by atoms with Crippen LogP contribution < -0.4 is 10.6 Å². The summed E-state index contributed by atoms with van der Waals surface area (Å²) in [6, 6.07) is 2.20. The first kappa shape index (κ1) is 15.2. The Morgan fingerprint density at radius 1 is 1.36 bits per heavy atom. The van der Waals surface area contributed by atoms with E-state index in [2.05, 4.69) is 15.7 Å². The molecule has 2 fully saturated rings. The van der Waals surface area contributed by atoms with Crippen molar-refractivity contribution in [1.29, 1.82) is 5.26 Å². The lowest BCUT2D eigenvalue weighted by atomic mass is 9.80. The maximum Gasteiger partial charge on any atom is 0.228 e. The molecule has 2 aliphatic carbocycles. The van der Waals surface area contributed by atoms with Crippen LogP contribution in [0, 0.1) is 17.4 Å². The second-order valence-corrected chi connectivity index (χ2v) is 6.59. The molecule has 2 saturated carbocycles. The monoisotopic (exact) mass is 321 g/mol. The van der Waals surface area contributed by atoms with E-state index in [1.807, 2.05) is 10.9 Å². The molecule has 1 heterocycles. The Kier molecular flexibility index (Phi) is 4.53. The molecule has 0 aromatic carbocycles. The first-order chi connectivity index (χ1) is 10.7. The van der Waals surface area contributed by atoms with Gasteiger partial charge in [-0.05, 0) is 25.7 Å². The molecule has 1 aromatic heterocycles. The zero-order valence-electron chi connectivity index (χ0n) is 12.4. The van der Waals surface area contributed by atoms with Crippen LogP contribution in [0.3, 0.4) is 0 Å². The van der Waals surface area contributed by atoms with E-state index in [1.54, 1.807) is 6.07 Å². The fourth-order valence-corrected chi connectivity index (χ4v) is 3.56. The number of nitriles is 1. The highest BCUT2D eigenvalue weighted by Gasteiger charge is 2.34. The summed E-state index contributed by atoms with van der Waals surface area (Å²) in [5.41, 5.74) is 0. The van der Waals surface area contributed by atoms with E-state index >= 15 is 0 Å². The van der Waals surface area contributed by atoms with Gasteiger partial charge in [0.2, 0.25) is 5.91 Å². The number of rotatable bonds is 4. The number of nitrogens with one attached hydrogen (secondary N) is 2. The number of halogens is 1. The van der Waals surface area contributed by atoms with Crippen LogP contribution in [0.5, 0.6) is 0 Å². The molecule has 2 N–H and O–H groups in total. The van der Waals surface area contributed by atoms with Crippen LogP contribution in [0.1, 0.15) is 51.0 Å². The smallest absolute Gasteiger partial charge is 0.228 e. The average molecular weight is 322 g/mol. The molecular formula is C15H20ClN5O. The molecule has 1 aromatic rings. The van der Waals surface area contributed by atoms with Crippen LogP contribution in [0.2, 0.25) is 5.15 Å². The van der Waals surface area contributed by atoms with E-state index in [0.29, 0.717) is 29.9 Å². The van der Waals surface area contributed by atoms with Gasteiger partial charge in [0.15, 0.2) is 12.0 Å². The summed E-state index contributed by atoms with van der Waals surface area (Å²) in [5.74, 6) is 0.433. The summed E-state index contributed by atoms with van der Waals surface area (Å²) in [4.78, 5) is 12.1. The van der Waals surface area contributed by atoms with Gasteiger partial charge in [-0.1, -0.05) is 30.9 Å². The van der Waals surface area contributed by atoms with Crippen LogP contribution in [0.25, 0.3) is 0 Å². The quantitative estimate of drug-likeness (QED) is 0.660. The van der Waals surface area contributed by atoms with Crippen LogP contribution in [-0.2, 0) is 4.79 Å². The third kappa shape index (κ3) is 3.20. The van der Waals surface area contributed by atoms with Gasteiger partial charge in [0.25, 0.3) is 0 Å². The number of amides is 1. The Morgan fingerprint density at radius 3 is 2.77 bits per heavy atom. The molecule has 7 heteroatoms. The minimum atomic E-state index is -0.0514. The van der Waals surface area contributed by atoms with Crippen LogP contribution in [0.4, 0.5) is 5.82 Å². The second-order valence-electron chi connectivity index (χ2n) is 6.20. The van der Waals surface area contributed by atoms with E-state index in [9.17, 15) is 4.79 Å². The van der Waals surface area contributed by atoms with E-state index in [0.717, 1.165) is 12.8 Å². The number of aromatic nitrogens is 2. The first-order valence-electron chi connectivity index (χ1n) is 7.88. The van der Waals surface area contributed by atoms with Crippen molar-refractivity contribution in [2.24, 2.45) is 5.92 Å². The van der Waals surface area contributed by atoms with E-state index < -0.39 is 0 Å². The van der Waals surface area contributed by atoms with Crippen molar-refractivity contribution in [3.8, 4) is 6.19 Å². The molecule has 0 spiro atoms. The van der Waals surface area contributed by atoms with E-state index in [1.165, 1.54) is 19.3 Å². The molecule has 22 heavy (non-hydrogen) atoms. The zero-order chi connectivity index (χ0) is 15.5. The Labute approximate surface area is 134 Å². The van der Waals surface area contributed by atoms with Gasteiger partial charge in [-0.25, -0.2) is 4.68 Å². The van der Waals surface area contributed by atoms with Crippen molar-refractivity contribution in [2.45, 2.75) is 57.0 Å². The third-order valence-corrected chi connectivity index (χ3v) is 4.92. The number of hydrogen-bond acceptors (Lipinski definition) is 4. The average Bonchev–Trinajstić information content (AvgIpc) is 2.83. The molecule has 118 valence electrons. The Hall–Kier alpha value is -1.74. The van der Waals surface area contributed by atoms with Crippen molar-refractivity contribution in [2.75, 3.05) is 5.32 Å². The predicted molar refractivity (Wildman–Crippen MR) is 83.2 cm³/mol. The highest BCUT2D eigenvalue weighted by molar-refractivity contribution is 6.30. The number of carbonyl (C=O) groups is 1. The maximum atomic E-state index is 12.1. The standard InChI is InChI=1S/C15H20ClN5O/c16-13-8-14(20-21(13)12-4-2-1-3-5-12)19-15(22)10-6-11(7-10)18-9-17/h8,10-12,18H,1-7H2,(H,19,20,22)/t10-,11-. The van der Waals surface area contributed by atoms with Gasteiger partial charge < -0.3 is 10.6 Å². The zero-order valence-corrected chi connectivity index (χ0v) is 13.1. The molecule has 0 aliphatic heterocycles. The third-order valence-electron chi connectivity index (χ3n) is 4.64. The predicted octanol–water partition coefficient (Wildman–Crippen LogP) is 2.83. The fraction of sp³-hybridized carbons (Fsp3) is 0.667. The fourth-order valence-electron chi connectivity index (χ4n) is 3.28. The highest BCUT2D eigenvalue weighted by atomic mass is 35.5. The number of carbonyl (C=O) groups excluding carboxylic acids is 1. The normalized spacial score (nSPS) is 25.1. The maximum absolute atomic E-state index is 12.1. The molecule has 0 bridgehead atoms. The lowest BCUT2D eigenvalue weighted by molar-refractivity contribution is -0.122. The molecule has 0 unspecified atom stereocenters. The highest BCUT2D eigenvalue weighted by Crippen LogP contribution is 2.32. The SMILES string of the molecule is N#CN[C@H]1C[C@H](C(=O)Nc2cc(Cl)n(C3CCCCC3)n2)C1. The molecule has 0 radical (unpaired) electrons. The Balaban J connectivity index is 1.57. The van der Waals surface area contributed by atoms with Gasteiger partial charge in [0.1, 0.15) is 5.15 Å².